The van der Waals surface area contributed by atoms with Crippen molar-refractivity contribution >= 4 is 15.9 Å². The third kappa shape index (κ3) is 1.73. The molecule has 3 N–H and O–H groups in total. The second-order valence-electron chi connectivity index (χ2n) is 2.66. The van der Waals surface area contributed by atoms with Crippen LogP contribution in [0.3, 0.4) is 0 Å². The fourth-order valence-corrected chi connectivity index (χ4v) is 1.65. The van der Waals surface area contributed by atoms with Crippen LogP contribution in [0.1, 0.15) is 6.92 Å². The van der Waals surface area contributed by atoms with Gasteiger partial charge in [-0.1, -0.05) is 15.9 Å². The van der Waals surface area contributed by atoms with Gasteiger partial charge in [0, 0.05) is 0 Å². The summed E-state index contributed by atoms with van der Waals surface area (Å²) < 4.78 is 5.04. The average Bonchev–Trinajstić information content (AvgIpc) is 1.97. The zero-order valence-corrected chi connectivity index (χ0v) is 7.60. The van der Waals surface area contributed by atoms with Gasteiger partial charge in [0.1, 0.15) is 23.3 Å². The van der Waals surface area contributed by atoms with Gasteiger partial charge in [-0.05, 0) is 6.92 Å². The van der Waals surface area contributed by atoms with Crippen molar-refractivity contribution in [2.24, 2.45) is 0 Å². The predicted octanol–water partition coefficient (Wildman–Crippen LogP) is -0.791. The molecule has 11 heavy (non-hydrogen) atoms. The van der Waals surface area contributed by atoms with Gasteiger partial charge in [0.05, 0.1) is 6.10 Å². The van der Waals surface area contributed by atoms with E-state index in [-0.39, 0.29) is 0 Å². The maximum absolute atomic E-state index is 9.18. The van der Waals surface area contributed by atoms with Crippen molar-refractivity contribution in [3.05, 3.63) is 0 Å². The van der Waals surface area contributed by atoms with Crippen LogP contribution in [-0.4, -0.2) is 44.7 Å². The van der Waals surface area contributed by atoms with E-state index >= 15 is 0 Å². The van der Waals surface area contributed by atoms with Gasteiger partial charge < -0.3 is 20.1 Å². The highest BCUT2D eigenvalue weighted by molar-refractivity contribution is 9.09. The van der Waals surface area contributed by atoms with Crippen LogP contribution in [0.4, 0.5) is 0 Å². The molecule has 0 unspecified atom stereocenters. The minimum Gasteiger partial charge on any atom is -0.388 e. The van der Waals surface area contributed by atoms with Gasteiger partial charge in [0.25, 0.3) is 0 Å². The Morgan fingerprint density at radius 3 is 2.18 bits per heavy atom. The maximum atomic E-state index is 9.18. The molecule has 0 aromatic rings. The Morgan fingerprint density at radius 2 is 1.64 bits per heavy atom. The van der Waals surface area contributed by atoms with Crippen LogP contribution in [0.5, 0.6) is 0 Å². The Hall–Kier alpha value is 0.320. The summed E-state index contributed by atoms with van der Waals surface area (Å²) in [5.74, 6) is 0. The van der Waals surface area contributed by atoms with Crippen molar-refractivity contribution in [3.63, 3.8) is 0 Å². The summed E-state index contributed by atoms with van der Waals surface area (Å²) in [5, 5.41) is 26.9. The van der Waals surface area contributed by atoms with Crippen molar-refractivity contribution < 1.29 is 20.1 Å². The first-order valence-corrected chi connectivity index (χ1v) is 4.29. The number of alkyl halides is 1. The molecule has 0 aliphatic carbocycles. The Balaban J connectivity index is 2.63. The first kappa shape index (κ1) is 9.41. The normalized spacial score (nSPS) is 52.6. The summed E-state index contributed by atoms with van der Waals surface area (Å²) in [7, 11) is 0. The number of halogens is 1. The van der Waals surface area contributed by atoms with Gasteiger partial charge in [-0.15, -0.1) is 0 Å². The lowest BCUT2D eigenvalue weighted by atomic mass is 10.0. The molecule has 0 aromatic carbocycles. The van der Waals surface area contributed by atoms with Crippen LogP contribution < -0.4 is 0 Å². The van der Waals surface area contributed by atoms with E-state index in [1.165, 1.54) is 0 Å². The number of aliphatic hydroxyl groups is 3. The number of ether oxygens (including phenoxy) is 1. The molecule has 0 radical (unpaired) electrons. The zero-order chi connectivity index (χ0) is 8.59. The van der Waals surface area contributed by atoms with Gasteiger partial charge in [0.15, 0.2) is 0 Å². The van der Waals surface area contributed by atoms with Gasteiger partial charge in [0.2, 0.25) is 0 Å². The van der Waals surface area contributed by atoms with E-state index < -0.39 is 29.4 Å². The smallest absolute Gasteiger partial charge is 0.141 e. The number of hydrogen-bond acceptors (Lipinski definition) is 4. The summed E-state index contributed by atoms with van der Waals surface area (Å²) in [5.41, 5.74) is 0. The molecule has 1 rings (SSSR count). The lowest BCUT2D eigenvalue weighted by molar-refractivity contribution is -0.190. The highest BCUT2D eigenvalue weighted by Gasteiger charge is 2.40. The van der Waals surface area contributed by atoms with E-state index in [1.54, 1.807) is 6.92 Å². The molecule has 0 aromatic heterocycles. The molecule has 1 aliphatic heterocycles. The Bertz CT molecular complexity index is 129. The molecule has 5 heteroatoms. The first-order chi connectivity index (χ1) is 5.04. The summed E-state index contributed by atoms with van der Waals surface area (Å²) in [6.07, 6.45) is -3.68. The SMILES string of the molecule is C[C@@H]1O[C@H](Br)[C@@H](O)[C@H](O)[C@@H]1O. The molecular weight excluding hydrogens is 216 g/mol. The van der Waals surface area contributed by atoms with Crippen LogP contribution in [0, 0.1) is 0 Å². The lowest BCUT2D eigenvalue weighted by Crippen LogP contribution is -2.54. The van der Waals surface area contributed by atoms with E-state index in [4.69, 9.17) is 9.84 Å². The molecule has 5 atom stereocenters. The molecule has 1 saturated heterocycles. The van der Waals surface area contributed by atoms with E-state index in [9.17, 15) is 10.2 Å². The van der Waals surface area contributed by atoms with Crippen molar-refractivity contribution in [3.8, 4) is 0 Å². The molecule has 66 valence electrons. The van der Waals surface area contributed by atoms with Crippen LogP contribution in [0.25, 0.3) is 0 Å². The summed E-state index contributed by atoms with van der Waals surface area (Å²) in [6, 6.07) is 0. The topological polar surface area (TPSA) is 69.9 Å². The molecule has 0 spiro atoms. The van der Waals surface area contributed by atoms with Crippen molar-refractivity contribution in [1.82, 2.24) is 0 Å². The minimum atomic E-state index is -1.14. The molecule has 0 amide bonds. The van der Waals surface area contributed by atoms with Gasteiger partial charge >= 0.3 is 0 Å². The fraction of sp³-hybridized carbons (Fsp3) is 1.00. The number of rotatable bonds is 0. The first-order valence-electron chi connectivity index (χ1n) is 3.37. The van der Waals surface area contributed by atoms with Crippen LogP contribution in [0.15, 0.2) is 0 Å². The van der Waals surface area contributed by atoms with Crippen molar-refractivity contribution in [1.29, 1.82) is 0 Å². The third-order valence-corrected chi connectivity index (χ3v) is 2.55. The Kier molecular flexibility index (Phi) is 2.88. The Morgan fingerprint density at radius 1 is 1.09 bits per heavy atom. The summed E-state index contributed by atoms with van der Waals surface area (Å²) in [6.45, 7) is 1.63. The van der Waals surface area contributed by atoms with E-state index in [1.807, 2.05) is 0 Å². The van der Waals surface area contributed by atoms with Crippen molar-refractivity contribution in [2.45, 2.75) is 36.4 Å². The summed E-state index contributed by atoms with van der Waals surface area (Å²) >= 11 is 3.02. The highest BCUT2D eigenvalue weighted by Crippen LogP contribution is 2.23. The van der Waals surface area contributed by atoms with Gasteiger partial charge in [-0.2, -0.15) is 0 Å². The van der Waals surface area contributed by atoms with E-state index in [0.29, 0.717) is 0 Å². The van der Waals surface area contributed by atoms with Gasteiger partial charge in [-0.25, -0.2) is 0 Å². The van der Waals surface area contributed by atoms with E-state index in [2.05, 4.69) is 15.9 Å². The Labute approximate surface area is 72.9 Å². The quantitative estimate of drug-likeness (QED) is 0.474. The molecule has 4 nitrogen and oxygen atoms in total. The molecule has 0 bridgehead atoms. The fourth-order valence-electron chi connectivity index (χ4n) is 1.00. The van der Waals surface area contributed by atoms with Crippen molar-refractivity contribution in [2.75, 3.05) is 0 Å². The number of aliphatic hydroxyl groups excluding tert-OH is 3. The number of hydrogen-bond donors (Lipinski definition) is 3. The molecular formula is C6H11BrO4. The van der Waals surface area contributed by atoms with Gasteiger partial charge in [-0.3, -0.25) is 0 Å². The monoisotopic (exact) mass is 226 g/mol. The second kappa shape index (κ2) is 3.37. The molecule has 1 fully saturated rings. The lowest BCUT2D eigenvalue weighted by Gasteiger charge is -2.36. The van der Waals surface area contributed by atoms with Crippen LogP contribution in [0.2, 0.25) is 0 Å². The maximum Gasteiger partial charge on any atom is 0.141 e. The minimum absolute atomic E-state index is 0.460. The largest absolute Gasteiger partial charge is 0.388 e. The van der Waals surface area contributed by atoms with Crippen LogP contribution >= 0.6 is 15.9 Å². The summed E-state index contributed by atoms with van der Waals surface area (Å²) in [4.78, 5) is 0. The molecule has 1 aliphatic rings. The highest BCUT2D eigenvalue weighted by atomic mass is 79.9. The molecule has 0 saturated carbocycles. The zero-order valence-electron chi connectivity index (χ0n) is 6.01. The van der Waals surface area contributed by atoms with E-state index in [0.717, 1.165) is 0 Å². The average molecular weight is 227 g/mol. The third-order valence-electron chi connectivity index (χ3n) is 1.79. The van der Waals surface area contributed by atoms with Crippen LogP contribution in [-0.2, 0) is 4.74 Å². The molecule has 1 heterocycles. The standard InChI is InChI=1S/C6H11BrO4/c1-2-3(8)4(9)5(10)6(7)11-2/h2-6,8-10H,1H3/t2-,3+,4+,5-,6-/m0/s1. The second-order valence-corrected chi connectivity index (χ2v) is 3.57. The predicted molar refractivity (Wildman–Crippen MR) is 41.3 cm³/mol.